The van der Waals surface area contributed by atoms with Crippen LogP contribution in [0.1, 0.15) is 26.2 Å². The molecule has 62 valence electrons. The van der Waals surface area contributed by atoms with Crippen LogP contribution in [0.15, 0.2) is 0 Å². The Morgan fingerprint density at radius 1 is 1.45 bits per heavy atom. The van der Waals surface area contributed by atoms with Gasteiger partial charge in [-0.05, 0) is 18.8 Å². The first-order valence-electron chi connectivity index (χ1n) is 4.54. The monoisotopic (exact) mass is 264 g/mol. The molecule has 4 aliphatic rings. The van der Waals surface area contributed by atoms with Crippen molar-refractivity contribution in [3.05, 3.63) is 0 Å². The molecular formula is C9H13IO. The van der Waals surface area contributed by atoms with Crippen LogP contribution in [0.25, 0.3) is 0 Å². The summed E-state index contributed by atoms with van der Waals surface area (Å²) in [7, 11) is 0. The number of halogens is 1. The first kappa shape index (κ1) is 7.13. The van der Waals surface area contributed by atoms with Gasteiger partial charge >= 0.3 is 0 Å². The molecule has 0 amide bonds. The van der Waals surface area contributed by atoms with Gasteiger partial charge in [-0.15, -0.1) is 0 Å². The van der Waals surface area contributed by atoms with Crippen molar-refractivity contribution >= 4 is 22.6 Å². The molecule has 0 aromatic rings. The molecule has 5 atom stereocenters. The van der Waals surface area contributed by atoms with E-state index in [1.165, 1.54) is 12.8 Å². The van der Waals surface area contributed by atoms with Gasteiger partial charge in [0.2, 0.25) is 0 Å². The molecule has 11 heavy (non-hydrogen) atoms. The predicted octanol–water partition coefficient (Wildman–Crippen LogP) is 1.97. The summed E-state index contributed by atoms with van der Waals surface area (Å²) < 4.78 is 0.561. The molecule has 4 saturated carbocycles. The zero-order valence-electron chi connectivity index (χ0n) is 6.68. The van der Waals surface area contributed by atoms with Gasteiger partial charge in [0.25, 0.3) is 0 Å². The second-order valence-corrected chi connectivity index (χ2v) is 6.56. The van der Waals surface area contributed by atoms with Crippen LogP contribution in [0.5, 0.6) is 0 Å². The van der Waals surface area contributed by atoms with E-state index in [4.69, 9.17) is 0 Å². The summed E-state index contributed by atoms with van der Waals surface area (Å²) in [5.41, 5.74) is -0.167. The van der Waals surface area contributed by atoms with Crippen molar-refractivity contribution in [3.8, 4) is 0 Å². The Kier molecular flexibility index (Phi) is 1.07. The first-order chi connectivity index (χ1) is 5.13. The molecule has 1 nitrogen and oxygen atoms in total. The molecule has 0 aromatic heterocycles. The topological polar surface area (TPSA) is 20.2 Å². The quantitative estimate of drug-likeness (QED) is 0.567. The summed E-state index contributed by atoms with van der Waals surface area (Å²) in [5.74, 6) is 2.23. The molecule has 4 unspecified atom stereocenters. The third-order valence-corrected chi connectivity index (χ3v) is 5.80. The van der Waals surface area contributed by atoms with Gasteiger partial charge in [-0.2, -0.15) is 0 Å². The van der Waals surface area contributed by atoms with Gasteiger partial charge in [-0.1, -0.05) is 35.9 Å². The zero-order chi connectivity index (χ0) is 7.85. The maximum absolute atomic E-state index is 9.94. The highest BCUT2D eigenvalue weighted by atomic mass is 127. The summed E-state index contributed by atoms with van der Waals surface area (Å²) in [4.78, 5) is 0. The molecule has 2 heteroatoms. The Bertz CT molecular complexity index is 196. The van der Waals surface area contributed by atoms with Gasteiger partial charge in [0, 0.05) is 15.3 Å². The molecule has 0 heterocycles. The molecule has 1 N–H and O–H groups in total. The fourth-order valence-corrected chi connectivity index (χ4v) is 5.58. The van der Waals surface area contributed by atoms with E-state index in [0.29, 0.717) is 15.3 Å². The Balaban J connectivity index is 1.83. The molecule has 0 spiro atoms. The van der Waals surface area contributed by atoms with Crippen LogP contribution in [0.4, 0.5) is 0 Å². The fourth-order valence-electron chi connectivity index (χ4n) is 3.34. The third kappa shape index (κ3) is 0.600. The minimum atomic E-state index is -0.167. The van der Waals surface area contributed by atoms with Crippen LogP contribution in [0, 0.1) is 17.8 Å². The standard InChI is InChI=1S/C9H13IO/c1-2-5-3-8(10)6-7(8)9(6,11)4-5/h5-7,11H,2-4H2,1H3/t5?,6-,7?,8?,9?/m1/s1. The van der Waals surface area contributed by atoms with Gasteiger partial charge in [0.05, 0.1) is 5.60 Å². The van der Waals surface area contributed by atoms with E-state index in [2.05, 4.69) is 29.5 Å². The van der Waals surface area contributed by atoms with Crippen LogP contribution >= 0.6 is 22.6 Å². The lowest BCUT2D eigenvalue weighted by Crippen LogP contribution is -2.42. The summed E-state index contributed by atoms with van der Waals surface area (Å²) in [6.07, 6.45) is 3.73. The van der Waals surface area contributed by atoms with E-state index in [1.54, 1.807) is 0 Å². The maximum Gasteiger partial charge on any atom is 0.0740 e. The third-order valence-electron chi connectivity index (χ3n) is 4.02. The molecule has 2 bridgehead atoms. The summed E-state index contributed by atoms with van der Waals surface area (Å²) in [6.45, 7) is 2.24. The minimum Gasteiger partial charge on any atom is -0.389 e. The van der Waals surface area contributed by atoms with E-state index < -0.39 is 0 Å². The van der Waals surface area contributed by atoms with Gasteiger partial charge in [0.15, 0.2) is 0 Å². The minimum absolute atomic E-state index is 0.167. The molecule has 4 fully saturated rings. The zero-order valence-corrected chi connectivity index (χ0v) is 8.84. The number of fused-ring (bicyclic) bond motifs is 2. The molecular weight excluding hydrogens is 251 g/mol. The number of hydrogen-bond acceptors (Lipinski definition) is 1. The van der Waals surface area contributed by atoms with Crippen LogP contribution in [0.2, 0.25) is 0 Å². The molecule has 0 aromatic carbocycles. The summed E-state index contributed by atoms with van der Waals surface area (Å²) >= 11 is 2.58. The lowest BCUT2D eigenvalue weighted by Gasteiger charge is -2.38. The van der Waals surface area contributed by atoms with Crippen molar-refractivity contribution in [1.29, 1.82) is 0 Å². The Labute approximate surface area is 80.7 Å². The molecule has 4 aliphatic carbocycles. The second-order valence-electron chi connectivity index (χ2n) is 4.56. The van der Waals surface area contributed by atoms with Crippen molar-refractivity contribution in [2.24, 2.45) is 17.8 Å². The van der Waals surface area contributed by atoms with Crippen LogP contribution in [0.3, 0.4) is 0 Å². The summed E-state index contributed by atoms with van der Waals surface area (Å²) in [5, 5.41) is 9.94. The predicted molar refractivity (Wildman–Crippen MR) is 51.7 cm³/mol. The smallest absolute Gasteiger partial charge is 0.0740 e. The fraction of sp³-hybridized carbons (Fsp3) is 1.00. The van der Waals surface area contributed by atoms with Crippen LogP contribution < -0.4 is 0 Å². The summed E-state index contributed by atoms with van der Waals surface area (Å²) in [6, 6.07) is 0. The Hall–Kier alpha value is 0.690. The molecule has 4 rings (SSSR count). The van der Waals surface area contributed by atoms with Crippen molar-refractivity contribution in [3.63, 3.8) is 0 Å². The highest BCUT2D eigenvalue weighted by Crippen LogP contribution is 2.88. The average Bonchev–Trinajstić information content (AvgIpc) is 2.75. The van der Waals surface area contributed by atoms with Gasteiger partial charge < -0.3 is 5.11 Å². The van der Waals surface area contributed by atoms with E-state index in [-0.39, 0.29) is 5.60 Å². The van der Waals surface area contributed by atoms with E-state index in [1.807, 2.05) is 0 Å². The average molecular weight is 264 g/mol. The van der Waals surface area contributed by atoms with Crippen LogP contribution in [-0.2, 0) is 0 Å². The maximum atomic E-state index is 9.94. The normalized spacial score (nSPS) is 70.6. The van der Waals surface area contributed by atoms with Gasteiger partial charge in [-0.3, -0.25) is 0 Å². The van der Waals surface area contributed by atoms with E-state index in [9.17, 15) is 5.11 Å². The number of alkyl halides is 1. The Morgan fingerprint density at radius 2 is 2.09 bits per heavy atom. The second kappa shape index (κ2) is 1.65. The lowest BCUT2D eigenvalue weighted by atomic mass is 9.76. The molecule has 0 saturated heterocycles. The molecule has 0 radical (unpaired) electrons. The largest absolute Gasteiger partial charge is 0.389 e. The van der Waals surface area contributed by atoms with E-state index >= 15 is 0 Å². The van der Waals surface area contributed by atoms with Crippen molar-refractivity contribution < 1.29 is 5.11 Å². The first-order valence-corrected chi connectivity index (χ1v) is 5.62. The van der Waals surface area contributed by atoms with Crippen molar-refractivity contribution in [2.45, 2.75) is 35.2 Å². The van der Waals surface area contributed by atoms with Crippen molar-refractivity contribution in [2.75, 3.05) is 0 Å². The molecule has 0 aliphatic heterocycles. The van der Waals surface area contributed by atoms with Gasteiger partial charge in [0.1, 0.15) is 0 Å². The lowest BCUT2D eigenvalue weighted by molar-refractivity contribution is 0.0165. The van der Waals surface area contributed by atoms with Crippen LogP contribution in [-0.4, -0.2) is 14.1 Å². The highest BCUT2D eigenvalue weighted by molar-refractivity contribution is 14.1. The number of rotatable bonds is 1. The SMILES string of the molecule is CCC1CC2(O)C3[C@@H]2C3(I)C1. The number of hydrogen-bond donors (Lipinski definition) is 1. The Morgan fingerprint density at radius 3 is 2.55 bits per heavy atom. The van der Waals surface area contributed by atoms with Crippen molar-refractivity contribution in [1.82, 2.24) is 0 Å². The van der Waals surface area contributed by atoms with Gasteiger partial charge in [-0.25, -0.2) is 0 Å². The number of aliphatic hydroxyl groups is 1. The van der Waals surface area contributed by atoms with E-state index in [0.717, 1.165) is 12.3 Å². The highest BCUT2D eigenvalue weighted by Gasteiger charge is 2.93.